The van der Waals surface area contributed by atoms with E-state index >= 15 is 0 Å². The summed E-state index contributed by atoms with van der Waals surface area (Å²) in [6.45, 7) is 2.81. The topological polar surface area (TPSA) is 21.3 Å². The number of hydrogen-bond donors (Lipinski definition) is 1. The Bertz CT molecular complexity index is 22.8. The molecule has 0 spiro atoms. The third-order valence-electron chi connectivity index (χ3n) is 0.260. The van der Waals surface area contributed by atoms with E-state index in [1.165, 1.54) is 0 Å². The van der Waals surface area contributed by atoms with Crippen molar-refractivity contribution in [1.82, 2.24) is 4.30 Å². The van der Waals surface area contributed by atoms with Gasteiger partial charge in [-0.15, -0.1) is 0 Å². The predicted octanol–water partition coefficient (Wildman–Crippen LogP) is 0.155. The molecule has 38 valence electrons. The van der Waals surface area contributed by atoms with Crippen molar-refractivity contribution < 1.29 is 19.6 Å². The van der Waals surface area contributed by atoms with E-state index in [4.69, 9.17) is 3.79 Å². The molecule has 0 saturated carbocycles. The van der Waals surface area contributed by atoms with Crippen molar-refractivity contribution in [3.05, 3.63) is 0 Å². The minimum atomic E-state index is 0.217. The van der Waals surface area contributed by atoms with Gasteiger partial charge in [0, 0.05) is 0 Å². The maximum atomic E-state index is 4.93. The molecule has 0 rings (SSSR count). The van der Waals surface area contributed by atoms with Crippen LogP contribution in [0.3, 0.4) is 0 Å². The molecule has 0 amide bonds. The van der Waals surface area contributed by atoms with Gasteiger partial charge in [-0.25, -0.2) is 0 Å². The molecule has 0 fully saturated rings. The van der Waals surface area contributed by atoms with Gasteiger partial charge in [0.2, 0.25) is 0 Å². The Kier molecular flexibility index (Phi) is 5.86. The molecule has 3 heteroatoms. The second-order valence-corrected chi connectivity index (χ2v) is 1.96. The van der Waals surface area contributed by atoms with E-state index in [9.17, 15) is 0 Å². The molecule has 0 aliphatic rings. The van der Waals surface area contributed by atoms with Crippen LogP contribution >= 0.6 is 0 Å². The Balaban J connectivity index is 2.34. The summed E-state index contributed by atoms with van der Waals surface area (Å²) in [5.41, 5.74) is 0. The molecular weight excluding hydrogens is 118 g/mol. The van der Waals surface area contributed by atoms with Crippen molar-refractivity contribution in [3.8, 4) is 0 Å². The monoisotopic (exact) mass is 127 g/mol. The first-order valence-electron chi connectivity index (χ1n) is 1.87. The zero-order chi connectivity index (χ0) is 4.83. The van der Waals surface area contributed by atoms with Gasteiger partial charge in [0.05, 0.1) is 0 Å². The molecule has 2 nitrogen and oxygen atoms in total. The van der Waals surface area contributed by atoms with Gasteiger partial charge in [-0.05, 0) is 0 Å². The fourth-order valence-electron chi connectivity index (χ4n) is 0.118. The van der Waals surface area contributed by atoms with Crippen molar-refractivity contribution in [1.29, 1.82) is 0 Å². The van der Waals surface area contributed by atoms with Gasteiger partial charge in [-0.3, -0.25) is 0 Å². The average Bonchev–Trinajstić information content (AvgIpc) is 1.61. The fourth-order valence-corrected chi connectivity index (χ4v) is 0.486. The number of rotatable bonds is 3. The summed E-state index contributed by atoms with van der Waals surface area (Å²) in [7, 11) is 1.88. The summed E-state index contributed by atoms with van der Waals surface area (Å²) in [5, 5.41) is 0. The van der Waals surface area contributed by atoms with Crippen molar-refractivity contribution in [2.24, 2.45) is 0 Å². The summed E-state index contributed by atoms with van der Waals surface area (Å²) in [4.78, 5) is 0. The van der Waals surface area contributed by atoms with Gasteiger partial charge in [-0.1, -0.05) is 0 Å². The molecule has 1 N–H and O–H groups in total. The van der Waals surface area contributed by atoms with Gasteiger partial charge in [0.1, 0.15) is 0 Å². The molecule has 0 heterocycles. The molecular formula is C3H9CrNO. The van der Waals surface area contributed by atoms with E-state index in [2.05, 4.69) is 4.30 Å². The molecule has 0 aliphatic heterocycles. The summed E-state index contributed by atoms with van der Waals surface area (Å²) in [6, 6.07) is 0. The van der Waals surface area contributed by atoms with E-state index in [0.717, 1.165) is 6.61 Å². The Morgan fingerprint density at radius 3 is 2.67 bits per heavy atom. The van der Waals surface area contributed by atoms with Crippen LogP contribution in [0, 0.1) is 0 Å². The molecule has 0 atom stereocenters. The van der Waals surface area contributed by atoms with Gasteiger partial charge in [0.25, 0.3) is 0 Å². The van der Waals surface area contributed by atoms with Crippen LogP contribution in [0.15, 0.2) is 0 Å². The van der Waals surface area contributed by atoms with Crippen molar-refractivity contribution in [3.63, 3.8) is 0 Å². The van der Waals surface area contributed by atoms with Crippen LogP contribution in [-0.4, -0.2) is 13.7 Å². The first-order chi connectivity index (χ1) is 2.91. The molecule has 0 aromatic rings. The van der Waals surface area contributed by atoms with Crippen LogP contribution in [0.25, 0.3) is 0 Å². The second kappa shape index (κ2) is 5.45. The zero-order valence-electron chi connectivity index (χ0n) is 4.02. The van der Waals surface area contributed by atoms with E-state index in [-0.39, 0.29) is 15.8 Å². The Labute approximate surface area is 45.1 Å². The molecule has 0 radical (unpaired) electrons. The van der Waals surface area contributed by atoms with Crippen LogP contribution in [0.1, 0.15) is 6.92 Å². The predicted molar refractivity (Wildman–Crippen MR) is 20.7 cm³/mol. The molecule has 0 bridgehead atoms. The van der Waals surface area contributed by atoms with Crippen LogP contribution < -0.4 is 4.30 Å². The van der Waals surface area contributed by atoms with E-state index in [0.29, 0.717) is 0 Å². The second-order valence-electron chi connectivity index (χ2n) is 0.694. The first-order valence-corrected chi connectivity index (χ1v) is 3.02. The van der Waals surface area contributed by atoms with Crippen LogP contribution in [0.4, 0.5) is 0 Å². The van der Waals surface area contributed by atoms with Crippen LogP contribution in [0.2, 0.25) is 0 Å². The van der Waals surface area contributed by atoms with Crippen molar-refractivity contribution >= 4 is 0 Å². The van der Waals surface area contributed by atoms with Crippen LogP contribution in [-0.2, 0) is 19.6 Å². The van der Waals surface area contributed by atoms with E-state index in [1.54, 1.807) is 0 Å². The van der Waals surface area contributed by atoms with E-state index < -0.39 is 0 Å². The van der Waals surface area contributed by atoms with Gasteiger partial charge < -0.3 is 0 Å². The fraction of sp³-hybridized carbons (Fsp3) is 1.00. The standard InChI is InChI=1S/C2H5O.CH4N.Cr/c1-2-3;1-2;/h2H2,1H3;2H,1H3;/q2*-1;+2. The van der Waals surface area contributed by atoms with Gasteiger partial charge in [-0.2, -0.15) is 0 Å². The first kappa shape index (κ1) is 6.45. The maximum absolute atomic E-state index is 4.93. The van der Waals surface area contributed by atoms with Crippen LogP contribution in [0.5, 0.6) is 0 Å². The Morgan fingerprint density at radius 2 is 2.50 bits per heavy atom. The third kappa shape index (κ3) is 4.45. The summed E-state index contributed by atoms with van der Waals surface area (Å²) in [6.07, 6.45) is 0. The summed E-state index contributed by atoms with van der Waals surface area (Å²) >= 11 is 0.217. The SMILES string of the molecule is CC[O][Cr][NH]C. The number of nitrogens with one attached hydrogen (secondary N) is 1. The Morgan fingerprint density at radius 1 is 1.83 bits per heavy atom. The Hall–Kier alpha value is 0.452. The normalized spacial score (nSPS) is 9.00. The molecule has 6 heavy (non-hydrogen) atoms. The zero-order valence-corrected chi connectivity index (χ0v) is 5.30. The van der Waals surface area contributed by atoms with Crippen molar-refractivity contribution in [2.75, 3.05) is 13.7 Å². The van der Waals surface area contributed by atoms with Gasteiger partial charge in [0.15, 0.2) is 0 Å². The molecule has 0 unspecified atom stereocenters. The summed E-state index contributed by atoms with van der Waals surface area (Å²) in [5.74, 6) is 0. The minimum absolute atomic E-state index is 0.217. The van der Waals surface area contributed by atoms with Gasteiger partial charge >= 0.3 is 44.4 Å². The van der Waals surface area contributed by atoms with E-state index in [1.807, 2.05) is 14.0 Å². The molecule has 0 aliphatic carbocycles. The molecule has 0 saturated heterocycles. The van der Waals surface area contributed by atoms with Crippen molar-refractivity contribution in [2.45, 2.75) is 6.92 Å². The number of hydrogen-bond acceptors (Lipinski definition) is 2. The molecule has 0 aromatic carbocycles. The third-order valence-corrected chi connectivity index (χ3v) is 1.07. The average molecular weight is 127 g/mol. The quantitative estimate of drug-likeness (QED) is 0.545. The summed E-state index contributed by atoms with van der Waals surface area (Å²) < 4.78 is 7.84. The molecule has 0 aromatic heterocycles.